The molecule has 2 aliphatic rings. The SMILES string of the molecule is O=C(c1ccc(CSc2nc(Cl)cc(N3CCCCC3)n2)cc1)N1CCC(n2c(=O)[nH]c3ccccc32)CC1. The Balaban J connectivity index is 1.05. The predicted octanol–water partition coefficient (Wildman–Crippen LogP) is 5.53. The molecule has 4 aromatic rings. The highest BCUT2D eigenvalue weighted by molar-refractivity contribution is 7.98. The Hall–Kier alpha value is -3.30. The van der Waals surface area contributed by atoms with E-state index < -0.39 is 0 Å². The average Bonchev–Trinajstić information content (AvgIpc) is 3.32. The minimum Gasteiger partial charge on any atom is -0.356 e. The minimum absolute atomic E-state index is 0.0308. The molecular weight excluding hydrogens is 532 g/mol. The number of piperidine rings is 2. The Morgan fingerprint density at radius 2 is 1.72 bits per heavy atom. The first kappa shape index (κ1) is 26.0. The molecule has 2 aliphatic heterocycles. The number of anilines is 1. The van der Waals surface area contributed by atoms with E-state index >= 15 is 0 Å². The Bertz CT molecular complexity index is 1520. The number of amides is 1. The zero-order valence-corrected chi connectivity index (χ0v) is 23.3. The molecule has 10 heteroatoms. The summed E-state index contributed by atoms with van der Waals surface area (Å²) < 4.78 is 1.85. The molecule has 2 aromatic carbocycles. The lowest BCUT2D eigenvalue weighted by molar-refractivity contribution is 0.0695. The van der Waals surface area contributed by atoms with Gasteiger partial charge in [0.25, 0.3) is 5.91 Å². The van der Waals surface area contributed by atoms with Gasteiger partial charge in [-0.05, 0) is 61.9 Å². The van der Waals surface area contributed by atoms with Crippen molar-refractivity contribution in [3.63, 3.8) is 0 Å². The minimum atomic E-state index is -0.0830. The van der Waals surface area contributed by atoms with E-state index in [9.17, 15) is 9.59 Å². The van der Waals surface area contributed by atoms with Gasteiger partial charge in [-0.25, -0.2) is 14.8 Å². The number of hydrogen-bond donors (Lipinski definition) is 1. The Labute approximate surface area is 236 Å². The van der Waals surface area contributed by atoms with Gasteiger partial charge in [0.1, 0.15) is 11.0 Å². The van der Waals surface area contributed by atoms with E-state index in [0.717, 1.165) is 48.3 Å². The van der Waals surface area contributed by atoms with Crippen LogP contribution in [0.4, 0.5) is 5.82 Å². The summed E-state index contributed by atoms with van der Waals surface area (Å²) in [7, 11) is 0. The fraction of sp³-hybridized carbons (Fsp3) is 0.379. The van der Waals surface area contributed by atoms with Gasteiger partial charge in [0.15, 0.2) is 5.16 Å². The summed E-state index contributed by atoms with van der Waals surface area (Å²) in [6.07, 6.45) is 5.12. The van der Waals surface area contributed by atoms with Gasteiger partial charge in [0.05, 0.1) is 11.0 Å². The second-order valence-corrected chi connectivity index (χ2v) is 11.5. The van der Waals surface area contributed by atoms with Crippen LogP contribution in [0.2, 0.25) is 5.15 Å². The molecule has 1 amide bonds. The van der Waals surface area contributed by atoms with Crippen LogP contribution in [-0.2, 0) is 5.75 Å². The maximum absolute atomic E-state index is 13.2. The zero-order valence-electron chi connectivity index (χ0n) is 21.7. The van der Waals surface area contributed by atoms with Crippen LogP contribution in [-0.4, -0.2) is 56.5 Å². The van der Waals surface area contributed by atoms with Gasteiger partial charge >= 0.3 is 5.69 Å². The van der Waals surface area contributed by atoms with E-state index in [2.05, 4.69) is 14.9 Å². The third kappa shape index (κ3) is 5.70. The van der Waals surface area contributed by atoms with E-state index in [0.29, 0.717) is 34.7 Å². The van der Waals surface area contributed by atoms with Crippen LogP contribution < -0.4 is 10.6 Å². The quantitative estimate of drug-likeness (QED) is 0.189. The normalized spacial score (nSPS) is 16.6. The largest absolute Gasteiger partial charge is 0.356 e. The fourth-order valence-corrected chi connectivity index (χ4v) is 6.61. The topological polar surface area (TPSA) is 87.1 Å². The fourth-order valence-electron chi connectivity index (χ4n) is 5.57. The summed E-state index contributed by atoms with van der Waals surface area (Å²) in [4.78, 5) is 42.0. The molecule has 0 spiro atoms. The van der Waals surface area contributed by atoms with Gasteiger partial charge in [-0.2, -0.15) is 0 Å². The molecule has 2 saturated heterocycles. The van der Waals surface area contributed by atoms with E-state index in [1.54, 1.807) is 11.8 Å². The highest BCUT2D eigenvalue weighted by Gasteiger charge is 2.26. The number of aromatic nitrogens is 4. The summed E-state index contributed by atoms with van der Waals surface area (Å²) in [5, 5.41) is 1.13. The van der Waals surface area contributed by atoms with Crippen molar-refractivity contribution in [3.05, 3.63) is 81.4 Å². The number of aromatic amines is 1. The van der Waals surface area contributed by atoms with E-state index in [1.807, 2.05) is 64.1 Å². The first-order valence-corrected chi connectivity index (χ1v) is 14.9. The van der Waals surface area contributed by atoms with Crippen molar-refractivity contribution >= 4 is 46.1 Å². The van der Waals surface area contributed by atoms with Gasteiger partial charge in [-0.15, -0.1) is 0 Å². The van der Waals surface area contributed by atoms with Crippen molar-refractivity contribution in [1.82, 2.24) is 24.4 Å². The molecule has 0 atom stereocenters. The van der Waals surface area contributed by atoms with Crippen molar-refractivity contribution in [2.45, 2.75) is 49.1 Å². The predicted molar refractivity (Wildman–Crippen MR) is 156 cm³/mol. The standard InChI is InChI=1S/C29H31ClN6O2S/c30-25-18-26(34-14-4-1-5-15-34)33-28(32-25)39-19-20-8-10-21(11-9-20)27(37)35-16-12-22(13-17-35)36-24-7-3-2-6-23(24)31-29(36)38/h2-3,6-11,18,22H,1,4-5,12-17,19H2,(H,31,38). The second kappa shape index (κ2) is 11.4. The second-order valence-electron chi connectivity index (χ2n) is 10.2. The number of benzene rings is 2. The van der Waals surface area contributed by atoms with Crippen LogP contribution in [0, 0.1) is 0 Å². The Morgan fingerprint density at radius 3 is 2.49 bits per heavy atom. The molecular formula is C29H31ClN6O2S. The molecule has 0 radical (unpaired) electrons. The molecule has 4 heterocycles. The highest BCUT2D eigenvalue weighted by Crippen LogP contribution is 2.28. The van der Waals surface area contributed by atoms with Crippen LogP contribution in [0.15, 0.2) is 64.5 Å². The number of imidazole rings is 1. The van der Waals surface area contributed by atoms with Crippen molar-refractivity contribution in [2.75, 3.05) is 31.1 Å². The smallest absolute Gasteiger partial charge is 0.326 e. The summed E-state index contributed by atoms with van der Waals surface area (Å²) in [5.74, 6) is 1.62. The third-order valence-electron chi connectivity index (χ3n) is 7.65. The number of likely N-dealkylation sites (tertiary alicyclic amines) is 1. The van der Waals surface area contributed by atoms with Crippen LogP contribution in [0.3, 0.4) is 0 Å². The molecule has 1 N–H and O–H groups in total. The number of hydrogen-bond acceptors (Lipinski definition) is 6. The molecule has 0 unspecified atom stereocenters. The van der Waals surface area contributed by atoms with E-state index in [-0.39, 0.29) is 17.6 Å². The maximum Gasteiger partial charge on any atom is 0.326 e. The Kier molecular flexibility index (Phi) is 7.61. The lowest BCUT2D eigenvalue weighted by atomic mass is 10.0. The molecule has 39 heavy (non-hydrogen) atoms. The lowest BCUT2D eigenvalue weighted by Crippen LogP contribution is -2.40. The zero-order chi connectivity index (χ0) is 26.8. The molecule has 2 fully saturated rings. The number of thioether (sulfide) groups is 1. The molecule has 0 saturated carbocycles. The average molecular weight is 563 g/mol. The summed E-state index contributed by atoms with van der Waals surface area (Å²) in [5.41, 5.74) is 3.46. The van der Waals surface area contributed by atoms with Crippen LogP contribution in [0.5, 0.6) is 0 Å². The Morgan fingerprint density at radius 1 is 0.974 bits per heavy atom. The van der Waals surface area contributed by atoms with Gasteiger partial charge in [-0.1, -0.05) is 47.6 Å². The van der Waals surface area contributed by atoms with E-state index in [1.165, 1.54) is 19.3 Å². The van der Waals surface area contributed by atoms with Crippen molar-refractivity contribution in [2.24, 2.45) is 0 Å². The van der Waals surface area contributed by atoms with E-state index in [4.69, 9.17) is 16.6 Å². The molecule has 8 nitrogen and oxygen atoms in total. The third-order valence-corrected chi connectivity index (χ3v) is 8.76. The van der Waals surface area contributed by atoms with Gasteiger partial charge in [0.2, 0.25) is 0 Å². The molecule has 6 rings (SSSR count). The van der Waals surface area contributed by atoms with Gasteiger partial charge < -0.3 is 14.8 Å². The number of nitrogens with one attached hydrogen (secondary N) is 1. The number of carbonyl (C=O) groups excluding carboxylic acids is 1. The summed E-state index contributed by atoms with van der Waals surface area (Å²) >= 11 is 7.85. The molecule has 2 aromatic heterocycles. The number of halogens is 1. The number of nitrogens with zero attached hydrogens (tertiary/aromatic N) is 5. The summed E-state index contributed by atoms with van der Waals surface area (Å²) in [6.45, 7) is 3.26. The van der Waals surface area contributed by atoms with Gasteiger partial charge in [0, 0.05) is 49.6 Å². The number of rotatable bonds is 6. The van der Waals surface area contributed by atoms with Crippen LogP contribution in [0.25, 0.3) is 11.0 Å². The van der Waals surface area contributed by atoms with Gasteiger partial charge in [-0.3, -0.25) is 9.36 Å². The summed E-state index contributed by atoms with van der Waals surface area (Å²) in [6, 6.07) is 17.5. The monoisotopic (exact) mass is 562 g/mol. The first-order valence-electron chi connectivity index (χ1n) is 13.5. The number of H-pyrrole nitrogens is 1. The highest BCUT2D eigenvalue weighted by atomic mass is 35.5. The maximum atomic E-state index is 13.2. The van der Waals surface area contributed by atoms with Crippen LogP contribution >= 0.6 is 23.4 Å². The molecule has 0 aliphatic carbocycles. The van der Waals surface area contributed by atoms with Crippen LogP contribution in [0.1, 0.15) is 54.1 Å². The molecule has 202 valence electrons. The van der Waals surface area contributed by atoms with Crippen molar-refractivity contribution in [1.29, 1.82) is 0 Å². The first-order chi connectivity index (χ1) is 19.0. The van der Waals surface area contributed by atoms with Crippen molar-refractivity contribution < 1.29 is 4.79 Å². The number of para-hydroxylation sites is 2. The molecule has 0 bridgehead atoms. The number of carbonyl (C=O) groups is 1. The van der Waals surface area contributed by atoms with Crippen molar-refractivity contribution in [3.8, 4) is 0 Å². The lowest BCUT2D eigenvalue weighted by Gasteiger charge is -2.32. The number of fused-ring (bicyclic) bond motifs is 1.